The summed E-state index contributed by atoms with van der Waals surface area (Å²) in [5, 5.41) is 0. The molecule has 2 N–H and O–H groups in total. The number of hydrogen-bond donors (Lipinski definition) is 1. The van der Waals surface area contributed by atoms with Crippen LogP contribution in [0.25, 0.3) is 0 Å². The Morgan fingerprint density at radius 1 is 1.35 bits per heavy atom. The number of nitrogens with two attached hydrogens (primary N) is 1. The number of nitrogens with zero attached hydrogens (tertiary/aromatic N) is 3. The number of benzene rings is 1. The Morgan fingerprint density at radius 3 is 2.85 bits per heavy atom. The zero-order valence-electron chi connectivity index (χ0n) is 11.5. The van der Waals surface area contributed by atoms with Crippen LogP contribution >= 0.6 is 15.9 Å². The van der Waals surface area contributed by atoms with E-state index in [9.17, 15) is 0 Å². The fourth-order valence-electron chi connectivity index (χ4n) is 1.91. The lowest BCUT2D eigenvalue weighted by atomic mass is 10.2. The molecule has 0 amide bonds. The minimum atomic E-state index is 0.429. The van der Waals surface area contributed by atoms with Crippen LogP contribution in [0.4, 0.5) is 11.5 Å². The SMILES string of the molecule is CCOc1ncnc(N(C)Cc2cccc(Br)c2)c1N. The molecule has 2 rings (SSSR count). The van der Waals surface area contributed by atoms with Crippen molar-refractivity contribution in [2.45, 2.75) is 13.5 Å². The molecule has 0 aliphatic carbocycles. The van der Waals surface area contributed by atoms with Crippen LogP contribution in [0.3, 0.4) is 0 Å². The highest BCUT2D eigenvalue weighted by atomic mass is 79.9. The molecule has 6 heteroatoms. The van der Waals surface area contributed by atoms with Crippen molar-refractivity contribution < 1.29 is 4.74 Å². The van der Waals surface area contributed by atoms with Crippen molar-refractivity contribution in [1.82, 2.24) is 9.97 Å². The van der Waals surface area contributed by atoms with E-state index in [0.29, 0.717) is 30.5 Å². The fourth-order valence-corrected chi connectivity index (χ4v) is 2.36. The molecule has 20 heavy (non-hydrogen) atoms. The molecule has 0 bridgehead atoms. The van der Waals surface area contributed by atoms with Crippen molar-refractivity contribution in [3.05, 3.63) is 40.6 Å². The van der Waals surface area contributed by atoms with Gasteiger partial charge in [0.15, 0.2) is 5.82 Å². The highest BCUT2D eigenvalue weighted by Gasteiger charge is 2.13. The predicted octanol–water partition coefficient (Wildman–Crippen LogP) is 2.86. The van der Waals surface area contributed by atoms with E-state index in [0.717, 1.165) is 10.0 Å². The van der Waals surface area contributed by atoms with Crippen LogP contribution in [0.2, 0.25) is 0 Å². The zero-order chi connectivity index (χ0) is 14.5. The third-order valence-electron chi connectivity index (χ3n) is 2.78. The maximum Gasteiger partial charge on any atom is 0.242 e. The first-order chi connectivity index (χ1) is 9.61. The van der Waals surface area contributed by atoms with Gasteiger partial charge < -0.3 is 15.4 Å². The van der Waals surface area contributed by atoms with Crippen molar-refractivity contribution in [1.29, 1.82) is 0 Å². The Morgan fingerprint density at radius 2 is 2.15 bits per heavy atom. The summed E-state index contributed by atoms with van der Waals surface area (Å²) in [5.74, 6) is 1.10. The second-order valence-electron chi connectivity index (χ2n) is 4.34. The Bertz CT molecular complexity index is 591. The number of nitrogen functional groups attached to an aromatic ring is 1. The van der Waals surface area contributed by atoms with E-state index in [1.165, 1.54) is 6.33 Å². The van der Waals surface area contributed by atoms with E-state index in [-0.39, 0.29) is 0 Å². The summed E-state index contributed by atoms with van der Waals surface area (Å²) in [6, 6.07) is 8.12. The van der Waals surface area contributed by atoms with Crippen molar-refractivity contribution in [3.63, 3.8) is 0 Å². The van der Waals surface area contributed by atoms with Gasteiger partial charge in [0.2, 0.25) is 5.88 Å². The molecular formula is C14H17BrN4O. The highest BCUT2D eigenvalue weighted by Crippen LogP contribution is 2.28. The molecule has 0 fully saturated rings. The predicted molar refractivity (Wildman–Crippen MR) is 83.9 cm³/mol. The first-order valence-electron chi connectivity index (χ1n) is 6.30. The minimum Gasteiger partial charge on any atom is -0.476 e. The van der Waals surface area contributed by atoms with E-state index in [4.69, 9.17) is 10.5 Å². The molecule has 0 spiro atoms. The Kier molecular flexibility index (Phi) is 4.79. The molecule has 1 aromatic carbocycles. The summed E-state index contributed by atoms with van der Waals surface area (Å²) < 4.78 is 6.44. The van der Waals surface area contributed by atoms with Crippen molar-refractivity contribution >= 4 is 27.4 Å². The molecule has 0 saturated heterocycles. The molecule has 5 nitrogen and oxygen atoms in total. The summed E-state index contributed by atoms with van der Waals surface area (Å²) in [4.78, 5) is 10.3. The second-order valence-corrected chi connectivity index (χ2v) is 5.25. The molecule has 0 atom stereocenters. The number of hydrogen-bond acceptors (Lipinski definition) is 5. The van der Waals surface area contributed by atoms with Crippen molar-refractivity contribution in [3.8, 4) is 5.88 Å². The number of halogens is 1. The molecule has 0 unspecified atom stereocenters. The van der Waals surface area contributed by atoms with E-state index in [1.54, 1.807) is 0 Å². The highest BCUT2D eigenvalue weighted by molar-refractivity contribution is 9.10. The van der Waals surface area contributed by atoms with Crippen LogP contribution in [-0.2, 0) is 6.54 Å². The van der Waals surface area contributed by atoms with Gasteiger partial charge in [-0.15, -0.1) is 0 Å². The maximum absolute atomic E-state index is 6.05. The van der Waals surface area contributed by atoms with E-state index >= 15 is 0 Å². The topological polar surface area (TPSA) is 64.3 Å². The van der Waals surface area contributed by atoms with Crippen LogP contribution < -0.4 is 15.4 Å². The summed E-state index contributed by atoms with van der Waals surface area (Å²) in [5.41, 5.74) is 7.68. The average molecular weight is 337 g/mol. The van der Waals surface area contributed by atoms with E-state index in [2.05, 4.69) is 38.0 Å². The van der Waals surface area contributed by atoms with Gasteiger partial charge in [0, 0.05) is 18.1 Å². The van der Waals surface area contributed by atoms with Gasteiger partial charge >= 0.3 is 0 Å². The van der Waals surface area contributed by atoms with Gasteiger partial charge in [0.1, 0.15) is 12.0 Å². The third-order valence-corrected chi connectivity index (χ3v) is 3.27. The molecule has 0 aliphatic rings. The van der Waals surface area contributed by atoms with Crippen LogP contribution in [0.1, 0.15) is 12.5 Å². The van der Waals surface area contributed by atoms with Gasteiger partial charge in [-0.3, -0.25) is 0 Å². The zero-order valence-corrected chi connectivity index (χ0v) is 13.1. The van der Waals surface area contributed by atoms with E-state index in [1.807, 2.05) is 31.0 Å². The van der Waals surface area contributed by atoms with Gasteiger partial charge in [-0.1, -0.05) is 28.1 Å². The second kappa shape index (κ2) is 6.56. The van der Waals surface area contributed by atoms with Crippen molar-refractivity contribution in [2.75, 3.05) is 24.3 Å². The summed E-state index contributed by atoms with van der Waals surface area (Å²) >= 11 is 3.47. The monoisotopic (exact) mass is 336 g/mol. The molecule has 1 aromatic heterocycles. The first kappa shape index (κ1) is 14.6. The smallest absolute Gasteiger partial charge is 0.242 e. The van der Waals surface area contributed by atoms with Gasteiger partial charge in [0.05, 0.1) is 6.61 Å². The molecule has 0 aliphatic heterocycles. The number of aromatic nitrogens is 2. The van der Waals surface area contributed by atoms with Crippen LogP contribution in [-0.4, -0.2) is 23.6 Å². The van der Waals surface area contributed by atoms with Crippen LogP contribution in [0.5, 0.6) is 5.88 Å². The standard InChI is InChI=1S/C14H17BrN4O/c1-3-20-14-12(16)13(17-9-18-14)19(2)8-10-5-4-6-11(15)7-10/h4-7,9H,3,8,16H2,1-2H3. The summed E-state index contributed by atoms with van der Waals surface area (Å²) in [6.45, 7) is 3.12. The fraction of sp³-hybridized carbons (Fsp3) is 0.286. The molecule has 2 aromatic rings. The lowest BCUT2D eigenvalue weighted by molar-refractivity contribution is 0.328. The molecule has 1 heterocycles. The van der Waals surface area contributed by atoms with Crippen LogP contribution in [0, 0.1) is 0 Å². The maximum atomic E-state index is 6.05. The minimum absolute atomic E-state index is 0.429. The van der Waals surface area contributed by atoms with Gasteiger partial charge in [-0.2, -0.15) is 4.98 Å². The van der Waals surface area contributed by atoms with Gasteiger partial charge in [0.25, 0.3) is 0 Å². The largest absolute Gasteiger partial charge is 0.476 e. The number of rotatable bonds is 5. The lowest BCUT2D eigenvalue weighted by Crippen LogP contribution is -2.20. The molecule has 106 valence electrons. The normalized spacial score (nSPS) is 10.3. The lowest BCUT2D eigenvalue weighted by Gasteiger charge is -2.20. The average Bonchev–Trinajstić information content (AvgIpc) is 2.41. The Labute approximate surface area is 126 Å². The number of anilines is 2. The van der Waals surface area contributed by atoms with Gasteiger partial charge in [-0.25, -0.2) is 4.98 Å². The molecular weight excluding hydrogens is 320 g/mol. The van der Waals surface area contributed by atoms with Crippen molar-refractivity contribution in [2.24, 2.45) is 0 Å². The third kappa shape index (κ3) is 3.39. The van der Waals surface area contributed by atoms with E-state index < -0.39 is 0 Å². The van der Waals surface area contributed by atoms with Crippen LogP contribution in [0.15, 0.2) is 35.1 Å². The Hall–Kier alpha value is -1.82. The first-order valence-corrected chi connectivity index (χ1v) is 7.10. The summed E-state index contributed by atoms with van der Waals surface area (Å²) in [7, 11) is 1.94. The molecule has 0 radical (unpaired) electrons. The van der Waals surface area contributed by atoms with Gasteiger partial charge in [-0.05, 0) is 24.6 Å². The Balaban J connectivity index is 2.21. The number of ether oxygens (including phenoxy) is 1. The quantitative estimate of drug-likeness (QED) is 0.909. The molecule has 0 saturated carbocycles. The summed E-state index contributed by atoms with van der Waals surface area (Å²) in [6.07, 6.45) is 1.47.